The largest absolute Gasteiger partial charge is 0.295 e. The molecule has 23 heavy (non-hydrogen) atoms. The van der Waals surface area contributed by atoms with Crippen LogP contribution in [-0.2, 0) is 15.3 Å². The third kappa shape index (κ3) is 2.72. The lowest BCUT2D eigenvalue weighted by Crippen LogP contribution is -2.54. The van der Waals surface area contributed by atoms with Gasteiger partial charge in [0.1, 0.15) is 6.04 Å². The van der Waals surface area contributed by atoms with Gasteiger partial charge in [0, 0.05) is 12.2 Å². The average Bonchev–Trinajstić information content (AvgIpc) is 2.71. The highest BCUT2D eigenvalue weighted by molar-refractivity contribution is 8.12. The van der Waals surface area contributed by atoms with Crippen molar-refractivity contribution >= 4 is 40.0 Å². The fourth-order valence-corrected chi connectivity index (χ4v) is 3.64. The first kappa shape index (κ1) is 15.6. The number of hydrogen-bond acceptors (Lipinski definition) is 4. The van der Waals surface area contributed by atoms with Crippen molar-refractivity contribution in [3.8, 4) is 0 Å². The van der Waals surface area contributed by atoms with Gasteiger partial charge in [-0.3, -0.25) is 29.4 Å². The first-order chi connectivity index (χ1) is 10.9. The monoisotopic (exact) mass is 332 g/mol. The van der Waals surface area contributed by atoms with Crippen LogP contribution >= 0.6 is 10.5 Å². The van der Waals surface area contributed by atoms with E-state index in [0.29, 0.717) is 11.1 Å². The maximum Gasteiger partial charge on any atom is 0.262 e. The Labute approximate surface area is 135 Å². The van der Waals surface area contributed by atoms with Crippen LogP contribution in [0.5, 0.6) is 0 Å². The molecule has 1 saturated heterocycles. The molecule has 3 rings (SSSR count). The van der Waals surface area contributed by atoms with E-state index in [1.165, 1.54) is 0 Å². The zero-order chi connectivity index (χ0) is 16.7. The van der Waals surface area contributed by atoms with Gasteiger partial charge in [0.15, 0.2) is 0 Å². The molecule has 0 saturated carbocycles. The molecule has 0 radical (unpaired) electrons. The molecule has 0 aliphatic carbocycles. The van der Waals surface area contributed by atoms with Crippen molar-refractivity contribution in [2.24, 2.45) is 0 Å². The maximum atomic E-state index is 12.6. The molecular formula is C16H16N2O4S. The molecule has 0 aromatic heterocycles. The van der Waals surface area contributed by atoms with Gasteiger partial charge in [0.25, 0.3) is 11.8 Å². The molecule has 2 aliphatic heterocycles. The summed E-state index contributed by atoms with van der Waals surface area (Å²) in [5.41, 5.74) is 1.57. The predicted octanol–water partition coefficient (Wildman–Crippen LogP) is 0.918. The molecule has 1 N–H and O–H groups in total. The van der Waals surface area contributed by atoms with Crippen molar-refractivity contribution in [3.63, 3.8) is 0 Å². The Hall–Kier alpha value is -2.28. The molecule has 2 aliphatic rings. The van der Waals surface area contributed by atoms with Gasteiger partial charge in [-0.15, -0.1) is 0 Å². The van der Waals surface area contributed by atoms with Gasteiger partial charge in [0.05, 0.1) is 11.1 Å². The molecule has 1 fully saturated rings. The van der Waals surface area contributed by atoms with Crippen LogP contribution in [0, 0.1) is 0 Å². The van der Waals surface area contributed by atoms with Gasteiger partial charge in [-0.1, -0.05) is 11.9 Å². The molecule has 2 unspecified atom stereocenters. The lowest BCUT2D eigenvalue weighted by atomic mass is 10.0. The second-order valence-electron chi connectivity index (χ2n) is 5.75. The summed E-state index contributed by atoms with van der Waals surface area (Å²) in [6.45, 7) is 0. The number of nitrogens with one attached hydrogen (secondary N) is 1. The molecule has 0 bridgehead atoms. The molecule has 1 aromatic carbocycles. The van der Waals surface area contributed by atoms with Gasteiger partial charge in [-0.25, -0.2) is 0 Å². The van der Waals surface area contributed by atoms with E-state index in [1.54, 1.807) is 12.1 Å². The number of imide groups is 2. The van der Waals surface area contributed by atoms with E-state index in [4.69, 9.17) is 0 Å². The summed E-state index contributed by atoms with van der Waals surface area (Å²) < 4.78 is 0. The lowest BCUT2D eigenvalue weighted by molar-refractivity contribution is -0.136. The highest BCUT2D eigenvalue weighted by Gasteiger charge is 2.44. The summed E-state index contributed by atoms with van der Waals surface area (Å²) in [5, 5.41) is 2.18. The number of piperidine rings is 1. The second-order valence-corrected chi connectivity index (χ2v) is 7.60. The third-order valence-electron chi connectivity index (χ3n) is 3.92. The molecule has 2 atom stereocenters. The van der Waals surface area contributed by atoms with Crippen molar-refractivity contribution in [1.29, 1.82) is 0 Å². The minimum absolute atomic E-state index is 0.0672. The van der Waals surface area contributed by atoms with E-state index in [9.17, 15) is 19.2 Å². The first-order valence-corrected chi connectivity index (χ1v) is 9.12. The third-order valence-corrected chi connectivity index (χ3v) is 4.74. The first-order valence-electron chi connectivity index (χ1n) is 7.15. The van der Waals surface area contributed by atoms with Crippen LogP contribution in [0.15, 0.2) is 18.2 Å². The Morgan fingerprint density at radius 2 is 1.91 bits per heavy atom. The molecular weight excluding hydrogens is 316 g/mol. The van der Waals surface area contributed by atoms with E-state index in [2.05, 4.69) is 11.2 Å². The van der Waals surface area contributed by atoms with Gasteiger partial charge >= 0.3 is 0 Å². The van der Waals surface area contributed by atoms with Crippen LogP contribution in [0.4, 0.5) is 0 Å². The minimum atomic E-state index is -0.919. The number of carbonyl (C=O) groups is 4. The number of benzene rings is 1. The fraction of sp³-hybridized carbons (Fsp3) is 0.312. The van der Waals surface area contributed by atoms with Crippen molar-refractivity contribution in [2.45, 2.75) is 24.6 Å². The summed E-state index contributed by atoms with van der Waals surface area (Å²) >= 11 is 0. The Balaban J connectivity index is 1.92. The molecule has 7 heteroatoms. The molecule has 120 valence electrons. The smallest absolute Gasteiger partial charge is 0.262 e. The van der Waals surface area contributed by atoms with Crippen LogP contribution in [0.2, 0.25) is 0 Å². The summed E-state index contributed by atoms with van der Waals surface area (Å²) in [5.74, 6) is 2.76. The lowest BCUT2D eigenvalue weighted by Gasteiger charge is -2.27. The van der Waals surface area contributed by atoms with Crippen LogP contribution in [0.3, 0.4) is 0 Å². The molecule has 6 nitrogen and oxygen atoms in total. The number of rotatable bonds is 3. The van der Waals surface area contributed by atoms with Gasteiger partial charge in [-0.05, 0) is 30.4 Å². The van der Waals surface area contributed by atoms with E-state index in [1.807, 2.05) is 12.3 Å². The molecule has 0 spiro atoms. The summed E-state index contributed by atoms with van der Waals surface area (Å²) in [7, 11) is -0.0672. The highest BCUT2D eigenvalue weighted by atomic mass is 32.2. The van der Waals surface area contributed by atoms with Crippen molar-refractivity contribution < 1.29 is 19.2 Å². The van der Waals surface area contributed by atoms with E-state index in [0.717, 1.165) is 16.2 Å². The van der Waals surface area contributed by atoms with E-state index in [-0.39, 0.29) is 29.2 Å². The Bertz CT molecular complexity index is 771. The Kier molecular flexibility index (Phi) is 3.89. The van der Waals surface area contributed by atoms with Gasteiger partial charge in [-0.2, -0.15) is 10.5 Å². The highest BCUT2D eigenvalue weighted by Crippen LogP contribution is 2.29. The fourth-order valence-electron chi connectivity index (χ4n) is 2.89. The zero-order valence-electron chi connectivity index (χ0n) is 12.6. The summed E-state index contributed by atoms with van der Waals surface area (Å²) in [6, 6.07) is 4.23. The molecule has 2 heterocycles. The number of fused-ring (bicyclic) bond motifs is 1. The minimum Gasteiger partial charge on any atom is -0.295 e. The number of amides is 4. The van der Waals surface area contributed by atoms with E-state index < -0.39 is 23.8 Å². The SMILES string of the molecule is C=S(C)Cc1ccc2c(c1)C(=O)N(C1CCC(=O)NC1=O)C2=O. The second kappa shape index (κ2) is 5.73. The van der Waals surface area contributed by atoms with Crippen LogP contribution < -0.4 is 5.32 Å². The molecule has 4 amide bonds. The van der Waals surface area contributed by atoms with Crippen LogP contribution in [-0.4, -0.2) is 46.7 Å². The van der Waals surface area contributed by atoms with Crippen molar-refractivity contribution in [2.75, 3.05) is 6.26 Å². The summed E-state index contributed by atoms with van der Waals surface area (Å²) in [4.78, 5) is 49.3. The van der Waals surface area contributed by atoms with Crippen LogP contribution in [0.25, 0.3) is 0 Å². The predicted molar refractivity (Wildman–Crippen MR) is 87.5 cm³/mol. The van der Waals surface area contributed by atoms with Crippen molar-refractivity contribution in [1.82, 2.24) is 10.2 Å². The Morgan fingerprint density at radius 3 is 2.57 bits per heavy atom. The quantitative estimate of drug-likeness (QED) is 0.659. The number of carbonyl (C=O) groups excluding carboxylic acids is 4. The average molecular weight is 332 g/mol. The maximum absolute atomic E-state index is 12.6. The van der Waals surface area contributed by atoms with Crippen LogP contribution in [0.1, 0.15) is 39.1 Å². The molecule has 1 aromatic rings. The van der Waals surface area contributed by atoms with Crippen molar-refractivity contribution in [3.05, 3.63) is 34.9 Å². The van der Waals surface area contributed by atoms with Gasteiger partial charge in [0.2, 0.25) is 11.8 Å². The van der Waals surface area contributed by atoms with E-state index >= 15 is 0 Å². The van der Waals surface area contributed by atoms with Gasteiger partial charge < -0.3 is 0 Å². The normalized spacial score (nSPS) is 22.1. The zero-order valence-corrected chi connectivity index (χ0v) is 13.4. The topological polar surface area (TPSA) is 83.6 Å². The number of hydrogen-bond donors (Lipinski definition) is 1. The Morgan fingerprint density at radius 1 is 1.22 bits per heavy atom. The standard InChI is InChI=1S/C16H16N2O4S/c1-23(2)8-9-3-4-10-11(7-9)16(22)18(15(10)21)12-5-6-13(19)17-14(12)20/h3-4,7,12H,1,5-6,8H2,2H3,(H,17,19,20). The summed E-state index contributed by atoms with van der Waals surface area (Å²) in [6.07, 6.45) is 2.28. The number of nitrogens with zero attached hydrogens (tertiary/aromatic N) is 1.